The predicted molar refractivity (Wildman–Crippen MR) is 120 cm³/mol. The van der Waals surface area contributed by atoms with Crippen LogP contribution in [0, 0.1) is 0 Å². The number of hydrogen-bond donors (Lipinski definition) is 1. The molecule has 0 bridgehead atoms. The maximum absolute atomic E-state index is 10.9. The van der Waals surface area contributed by atoms with Gasteiger partial charge in [-0.2, -0.15) is 0 Å². The fraction of sp³-hybridized carbons (Fsp3) is 0.348. The third-order valence-electron chi connectivity index (χ3n) is 3.77. The molecule has 0 radical (unpaired) electrons. The molecule has 0 amide bonds. The topological polar surface area (TPSA) is 102 Å². The number of carbonyl (C=O) groups excluding carboxylic acids is 3. The van der Waals surface area contributed by atoms with E-state index in [2.05, 4.69) is 0 Å². The van der Waals surface area contributed by atoms with Crippen LogP contribution in [0.5, 0.6) is 17.2 Å². The van der Waals surface area contributed by atoms with Gasteiger partial charge in [-0.25, -0.2) is 0 Å². The lowest BCUT2D eigenvalue weighted by Gasteiger charge is -2.17. The highest BCUT2D eigenvalue weighted by atomic mass is 16.6. The molecule has 0 fully saturated rings. The van der Waals surface area contributed by atoms with Crippen molar-refractivity contribution >= 4 is 24.2 Å². The van der Waals surface area contributed by atoms with Gasteiger partial charge in [-0.1, -0.05) is 13.8 Å². The Morgan fingerprint density at radius 3 is 1.81 bits per heavy atom. The standard InChI is InChI=1S/C11H12O5.C10H13NO2.C2H6/c1-7(13)16-11-9(14-2)4-8(6-12)5-10(11)15-3;1-11(6-7-12)10-4-2-9(8-13)3-5-10;1-2/h4-6H,1-3H3;2-5,8,12H,6-7H2,1H3;1-2H3. The number of carbonyl (C=O) groups is 3. The van der Waals surface area contributed by atoms with Gasteiger partial charge in [0.1, 0.15) is 12.6 Å². The molecular weight excluding hydrogens is 402 g/mol. The van der Waals surface area contributed by atoms with E-state index in [1.807, 2.05) is 37.9 Å². The molecular formula is C23H31NO7. The van der Waals surface area contributed by atoms with Crippen LogP contribution in [0.25, 0.3) is 0 Å². The van der Waals surface area contributed by atoms with Gasteiger partial charge in [0.2, 0.25) is 5.75 Å². The molecule has 2 aromatic rings. The highest BCUT2D eigenvalue weighted by Gasteiger charge is 2.15. The number of benzene rings is 2. The number of aliphatic hydroxyl groups excluding tert-OH is 1. The minimum atomic E-state index is -0.490. The smallest absolute Gasteiger partial charge is 0.308 e. The first-order valence-corrected chi connectivity index (χ1v) is 9.67. The Labute approximate surface area is 183 Å². The fourth-order valence-corrected chi connectivity index (χ4v) is 2.30. The van der Waals surface area contributed by atoms with E-state index < -0.39 is 5.97 Å². The number of methoxy groups -OCH3 is 2. The van der Waals surface area contributed by atoms with Crippen molar-refractivity contribution in [2.75, 3.05) is 39.3 Å². The summed E-state index contributed by atoms with van der Waals surface area (Å²) in [4.78, 5) is 33.8. The minimum Gasteiger partial charge on any atom is -0.493 e. The molecule has 0 aromatic heterocycles. The van der Waals surface area contributed by atoms with Crippen LogP contribution < -0.4 is 19.1 Å². The Morgan fingerprint density at radius 2 is 1.45 bits per heavy atom. The van der Waals surface area contributed by atoms with Gasteiger partial charge in [-0.3, -0.25) is 14.4 Å². The predicted octanol–water partition coefficient (Wildman–Crippen LogP) is 3.40. The van der Waals surface area contributed by atoms with Gasteiger partial charge in [0.15, 0.2) is 11.5 Å². The normalized spacial score (nSPS) is 9.13. The molecule has 0 aliphatic carbocycles. The first-order chi connectivity index (χ1) is 14.9. The number of anilines is 1. The third-order valence-corrected chi connectivity index (χ3v) is 3.77. The summed E-state index contributed by atoms with van der Waals surface area (Å²) in [6.45, 7) is 6.00. The zero-order valence-electron chi connectivity index (χ0n) is 18.9. The number of ether oxygens (including phenoxy) is 3. The van der Waals surface area contributed by atoms with E-state index in [-0.39, 0.29) is 23.9 Å². The maximum atomic E-state index is 10.9. The molecule has 0 heterocycles. The van der Waals surface area contributed by atoms with Crippen LogP contribution >= 0.6 is 0 Å². The van der Waals surface area contributed by atoms with Crippen molar-refractivity contribution in [2.24, 2.45) is 0 Å². The Kier molecular flexibility index (Phi) is 13.8. The van der Waals surface area contributed by atoms with Gasteiger partial charge in [0, 0.05) is 37.3 Å². The van der Waals surface area contributed by atoms with Gasteiger partial charge in [-0.05, 0) is 36.4 Å². The SMILES string of the molecule is CC.CN(CCO)c1ccc(C=O)cc1.COc1cc(C=O)cc(OC)c1OC(C)=O. The number of esters is 1. The van der Waals surface area contributed by atoms with Crippen LogP contribution in [0.4, 0.5) is 5.69 Å². The Bertz CT molecular complexity index is 794. The molecule has 1 N–H and O–H groups in total. The van der Waals surface area contributed by atoms with Crippen LogP contribution in [0.15, 0.2) is 36.4 Å². The average molecular weight is 434 g/mol. The van der Waals surface area contributed by atoms with Crippen molar-refractivity contribution in [3.05, 3.63) is 47.5 Å². The van der Waals surface area contributed by atoms with Crippen molar-refractivity contribution in [1.29, 1.82) is 0 Å². The van der Waals surface area contributed by atoms with E-state index in [9.17, 15) is 14.4 Å². The third kappa shape index (κ3) is 9.31. The van der Waals surface area contributed by atoms with E-state index in [0.29, 0.717) is 24.0 Å². The van der Waals surface area contributed by atoms with Crippen molar-refractivity contribution in [3.8, 4) is 17.2 Å². The van der Waals surface area contributed by atoms with Gasteiger partial charge in [0.05, 0.1) is 20.8 Å². The second-order valence-corrected chi connectivity index (χ2v) is 5.82. The molecule has 0 saturated heterocycles. The average Bonchev–Trinajstić information content (AvgIpc) is 2.80. The van der Waals surface area contributed by atoms with Crippen molar-refractivity contribution < 1.29 is 33.7 Å². The molecule has 0 aliphatic heterocycles. The summed E-state index contributed by atoms with van der Waals surface area (Å²) in [7, 11) is 4.72. The fourth-order valence-electron chi connectivity index (χ4n) is 2.30. The number of likely N-dealkylation sites (N-methyl/N-ethyl adjacent to an activating group) is 1. The van der Waals surface area contributed by atoms with Crippen LogP contribution in [0.3, 0.4) is 0 Å². The molecule has 2 rings (SSSR count). The summed E-state index contributed by atoms with van der Waals surface area (Å²) in [6.07, 6.45) is 1.47. The van der Waals surface area contributed by atoms with E-state index in [0.717, 1.165) is 12.0 Å². The molecule has 31 heavy (non-hydrogen) atoms. The van der Waals surface area contributed by atoms with Crippen molar-refractivity contribution in [1.82, 2.24) is 0 Å². The molecule has 170 valence electrons. The summed E-state index contributed by atoms with van der Waals surface area (Å²) in [5.74, 6) is 0.229. The molecule has 0 saturated carbocycles. The van der Waals surface area contributed by atoms with Crippen molar-refractivity contribution in [3.63, 3.8) is 0 Å². The second kappa shape index (κ2) is 15.4. The molecule has 0 aliphatic rings. The quantitative estimate of drug-likeness (QED) is 0.384. The first-order valence-electron chi connectivity index (χ1n) is 9.67. The summed E-state index contributed by atoms with van der Waals surface area (Å²) in [6, 6.07) is 10.2. The summed E-state index contributed by atoms with van der Waals surface area (Å²) >= 11 is 0. The van der Waals surface area contributed by atoms with E-state index in [1.165, 1.54) is 33.3 Å². The lowest BCUT2D eigenvalue weighted by Crippen LogP contribution is -2.20. The zero-order chi connectivity index (χ0) is 23.8. The van der Waals surface area contributed by atoms with Crippen molar-refractivity contribution in [2.45, 2.75) is 20.8 Å². The molecule has 8 heteroatoms. The molecule has 0 atom stereocenters. The highest BCUT2D eigenvalue weighted by Crippen LogP contribution is 2.38. The molecule has 8 nitrogen and oxygen atoms in total. The second-order valence-electron chi connectivity index (χ2n) is 5.82. The highest BCUT2D eigenvalue weighted by molar-refractivity contribution is 5.80. The summed E-state index contributed by atoms with van der Waals surface area (Å²) in [5.41, 5.74) is 2.05. The Balaban J connectivity index is 0.000000547. The first kappa shape index (κ1) is 27.6. The van der Waals surface area contributed by atoms with Crippen LogP contribution in [0.2, 0.25) is 0 Å². The summed E-state index contributed by atoms with van der Waals surface area (Å²) < 4.78 is 15.0. The Hall–Kier alpha value is -3.39. The van der Waals surface area contributed by atoms with Gasteiger partial charge in [-0.15, -0.1) is 0 Å². The van der Waals surface area contributed by atoms with Gasteiger partial charge < -0.3 is 24.2 Å². The lowest BCUT2D eigenvalue weighted by molar-refractivity contribution is -0.132. The van der Waals surface area contributed by atoms with E-state index in [4.69, 9.17) is 19.3 Å². The molecule has 2 aromatic carbocycles. The number of aldehydes is 2. The summed E-state index contributed by atoms with van der Waals surface area (Å²) in [5, 5.41) is 8.70. The van der Waals surface area contributed by atoms with Crippen LogP contribution in [-0.2, 0) is 4.79 Å². The van der Waals surface area contributed by atoms with Gasteiger partial charge >= 0.3 is 5.97 Å². The number of nitrogens with zero attached hydrogens (tertiary/aromatic N) is 1. The Morgan fingerprint density at radius 1 is 0.968 bits per heavy atom. The number of hydrogen-bond acceptors (Lipinski definition) is 8. The minimum absolute atomic E-state index is 0.131. The molecule has 0 unspecified atom stereocenters. The largest absolute Gasteiger partial charge is 0.493 e. The zero-order valence-corrected chi connectivity index (χ0v) is 18.9. The molecule has 0 spiro atoms. The van der Waals surface area contributed by atoms with Crippen LogP contribution in [-0.4, -0.2) is 58.1 Å². The number of aliphatic hydroxyl groups is 1. The van der Waals surface area contributed by atoms with E-state index in [1.54, 1.807) is 12.1 Å². The maximum Gasteiger partial charge on any atom is 0.308 e. The van der Waals surface area contributed by atoms with E-state index >= 15 is 0 Å². The number of rotatable bonds is 8. The van der Waals surface area contributed by atoms with Crippen LogP contribution in [0.1, 0.15) is 41.5 Å². The van der Waals surface area contributed by atoms with Gasteiger partial charge in [0.25, 0.3) is 0 Å². The monoisotopic (exact) mass is 433 g/mol. The lowest BCUT2D eigenvalue weighted by atomic mass is 10.2.